The molecule has 5 heteroatoms. The summed E-state index contributed by atoms with van der Waals surface area (Å²) in [6.07, 6.45) is 7.79. The molecule has 1 atom stereocenters. The summed E-state index contributed by atoms with van der Waals surface area (Å²) in [4.78, 5) is 21.1. The Labute approximate surface area is 123 Å². The fourth-order valence-corrected chi connectivity index (χ4v) is 3.80. The number of aromatic nitrogens is 2. The number of imidazole rings is 1. The van der Waals surface area contributed by atoms with Crippen molar-refractivity contribution in [3.63, 3.8) is 0 Å². The average molecular weight is 289 g/mol. The maximum Gasteiger partial charge on any atom is 0.255 e. The van der Waals surface area contributed by atoms with Crippen LogP contribution >= 0.6 is 11.3 Å². The van der Waals surface area contributed by atoms with Gasteiger partial charge in [-0.3, -0.25) is 4.79 Å². The van der Waals surface area contributed by atoms with Crippen LogP contribution in [0.25, 0.3) is 0 Å². The summed E-state index contributed by atoms with van der Waals surface area (Å²) in [6.45, 7) is 5.73. The fraction of sp³-hybridized carbons (Fsp3) is 0.467. The van der Waals surface area contributed by atoms with Crippen molar-refractivity contribution >= 4 is 17.2 Å². The Bertz CT molecular complexity index is 603. The predicted molar refractivity (Wildman–Crippen MR) is 80.2 cm³/mol. The summed E-state index contributed by atoms with van der Waals surface area (Å²) in [6, 6.07) is 2.37. The van der Waals surface area contributed by atoms with Crippen LogP contribution in [-0.2, 0) is 0 Å². The highest BCUT2D eigenvalue weighted by molar-refractivity contribution is 7.12. The number of hydrogen-bond donors (Lipinski definition) is 0. The van der Waals surface area contributed by atoms with E-state index >= 15 is 0 Å². The molecule has 0 aliphatic carbocycles. The zero-order chi connectivity index (χ0) is 14.1. The number of nitrogens with zero attached hydrogens (tertiary/aromatic N) is 3. The maximum atomic E-state index is 12.7. The van der Waals surface area contributed by atoms with Crippen molar-refractivity contribution in [1.82, 2.24) is 14.5 Å². The predicted octanol–water partition coefficient (Wildman–Crippen LogP) is 3.04. The summed E-state index contributed by atoms with van der Waals surface area (Å²) >= 11 is 1.70. The number of amides is 1. The van der Waals surface area contributed by atoms with E-state index in [4.69, 9.17) is 0 Å². The zero-order valence-corrected chi connectivity index (χ0v) is 12.7. The number of rotatable bonds is 2. The quantitative estimate of drug-likeness (QED) is 0.852. The third-order valence-corrected chi connectivity index (χ3v) is 4.87. The molecule has 2 aromatic heterocycles. The molecule has 1 fully saturated rings. The molecule has 3 rings (SSSR count). The molecule has 0 N–H and O–H groups in total. The number of carbonyl (C=O) groups is 1. The summed E-state index contributed by atoms with van der Waals surface area (Å²) in [5.74, 6) is 0.177. The van der Waals surface area contributed by atoms with E-state index < -0.39 is 0 Å². The molecule has 20 heavy (non-hydrogen) atoms. The highest BCUT2D eigenvalue weighted by atomic mass is 32.1. The van der Waals surface area contributed by atoms with Crippen LogP contribution in [0.2, 0.25) is 0 Å². The normalized spacial score (nSPS) is 19.3. The smallest absolute Gasteiger partial charge is 0.255 e. The molecular weight excluding hydrogens is 270 g/mol. The Morgan fingerprint density at radius 1 is 1.45 bits per heavy atom. The summed E-state index contributed by atoms with van der Waals surface area (Å²) in [5, 5.41) is 0. The Hall–Kier alpha value is -1.62. The first-order valence-electron chi connectivity index (χ1n) is 6.99. The molecule has 1 aliphatic heterocycles. The Balaban J connectivity index is 1.77. The molecule has 0 bridgehead atoms. The van der Waals surface area contributed by atoms with Gasteiger partial charge in [0.15, 0.2) is 0 Å². The lowest BCUT2D eigenvalue weighted by molar-refractivity contribution is 0.0679. The van der Waals surface area contributed by atoms with Crippen molar-refractivity contribution in [3.05, 3.63) is 40.1 Å². The van der Waals surface area contributed by atoms with Crippen LogP contribution in [0.5, 0.6) is 0 Å². The first-order valence-corrected chi connectivity index (χ1v) is 7.80. The number of carbonyl (C=O) groups excluding carboxylic acids is 1. The lowest BCUT2D eigenvalue weighted by Gasteiger charge is -2.33. The van der Waals surface area contributed by atoms with E-state index in [1.54, 1.807) is 17.5 Å². The van der Waals surface area contributed by atoms with Crippen LogP contribution in [0.3, 0.4) is 0 Å². The van der Waals surface area contributed by atoms with Gasteiger partial charge in [-0.1, -0.05) is 0 Å². The largest absolute Gasteiger partial charge is 0.337 e. The third-order valence-electron chi connectivity index (χ3n) is 3.90. The second-order valence-corrected chi connectivity index (χ2v) is 6.84. The first-order chi connectivity index (χ1) is 9.65. The molecule has 0 radical (unpaired) electrons. The van der Waals surface area contributed by atoms with E-state index in [-0.39, 0.29) is 5.91 Å². The van der Waals surface area contributed by atoms with E-state index in [1.165, 1.54) is 4.88 Å². The van der Waals surface area contributed by atoms with Gasteiger partial charge in [-0.05, 0) is 32.8 Å². The van der Waals surface area contributed by atoms with E-state index in [9.17, 15) is 4.79 Å². The molecule has 1 unspecified atom stereocenters. The minimum atomic E-state index is 0.177. The fourth-order valence-electron chi connectivity index (χ4n) is 2.88. The van der Waals surface area contributed by atoms with Gasteiger partial charge in [-0.25, -0.2) is 4.98 Å². The van der Waals surface area contributed by atoms with Crippen molar-refractivity contribution in [2.24, 2.45) is 0 Å². The molecule has 1 aliphatic rings. The van der Waals surface area contributed by atoms with Gasteiger partial charge < -0.3 is 9.47 Å². The van der Waals surface area contributed by atoms with Crippen LogP contribution < -0.4 is 0 Å². The van der Waals surface area contributed by atoms with Gasteiger partial charge in [0.1, 0.15) is 0 Å². The van der Waals surface area contributed by atoms with Gasteiger partial charge in [0.05, 0.1) is 17.9 Å². The molecule has 4 nitrogen and oxygen atoms in total. The Morgan fingerprint density at radius 2 is 2.30 bits per heavy atom. The molecular formula is C15H19N3OS. The SMILES string of the molecule is Cc1cc(C(=O)N2CCCC(n3ccnc3)C2)c(C)s1. The van der Waals surface area contributed by atoms with Gasteiger partial charge in [-0.2, -0.15) is 0 Å². The molecule has 0 aromatic carbocycles. The first kappa shape index (κ1) is 13.4. The Kier molecular flexibility index (Phi) is 3.61. The topological polar surface area (TPSA) is 38.1 Å². The third kappa shape index (κ3) is 2.50. The number of hydrogen-bond acceptors (Lipinski definition) is 3. The minimum absolute atomic E-state index is 0.177. The maximum absolute atomic E-state index is 12.7. The zero-order valence-electron chi connectivity index (χ0n) is 11.9. The molecule has 1 saturated heterocycles. The van der Waals surface area contributed by atoms with Gasteiger partial charge in [0.2, 0.25) is 0 Å². The second kappa shape index (κ2) is 5.40. The van der Waals surface area contributed by atoms with Gasteiger partial charge in [0.25, 0.3) is 5.91 Å². The minimum Gasteiger partial charge on any atom is -0.337 e. The van der Waals surface area contributed by atoms with Crippen LogP contribution in [0, 0.1) is 13.8 Å². The van der Waals surface area contributed by atoms with E-state index in [0.717, 1.165) is 36.4 Å². The van der Waals surface area contributed by atoms with Gasteiger partial charge in [-0.15, -0.1) is 11.3 Å². The van der Waals surface area contributed by atoms with Crippen molar-refractivity contribution in [2.45, 2.75) is 32.7 Å². The van der Waals surface area contributed by atoms with E-state index in [1.807, 2.05) is 30.4 Å². The monoisotopic (exact) mass is 289 g/mol. The number of aryl methyl sites for hydroxylation is 2. The lowest BCUT2D eigenvalue weighted by atomic mass is 10.0. The number of thiophene rings is 1. The molecule has 0 saturated carbocycles. The molecule has 3 heterocycles. The molecule has 1 amide bonds. The van der Waals surface area contributed by atoms with Crippen LogP contribution in [-0.4, -0.2) is 33.4 Å². The summed E-state index contributed by atoms with van der Waals surface area (Å²) < 4.78 is 2.12. The second-order valence-electron chi connectivity index (χ2n) is 5.38. The molecule has 2 aromatic rings. The van der Waals surface area contributed by atoms with Crippen molar-refractivity contribution < 1.29 is 4.79 Å². The van der Waals surface area contributed by atoms with Crippen LogP contribution in [0.4, 0.5) is 0 Å². The summed E-state index contributed by atoms with van der Waals surface area (Å²) in [5.41, 5.74) is 0.874. The van der Waals surface area contributed by atoms with Crippen LogP contribution in [0.1, 0.15) is 39.0 Å². The van der Waals surface area contributed by atoms with Gasteiger partial charge >= 0.3 is 0 Å². The Morgan fingerprint density at radius 3 is 2.95 bits per heavy atom. The van der Waals surface area contributed by atoms with Crippen molar-refractivity contribution in [2.75, 3.05) is 13.1 Å². The van der Waals surface area contributed by atoms with Crippen LogP contribution in [0.15, 0.2) is 24.8 Å². The standard InChI is InChI=1S/C15H19N3OS/c1-11-8-14(12(2)20-11)15(19)17-6-3-4-13(9-17)18-7-5-16-10-18/h5,7-8,10,13H,3-4,6,9H2,1-2H3. The van der Waals surface area contributed by atoms with Crippen molar-refractivity contribution in [3.8, 4) is 0 Å². The highest BCUT2D eigenvalue weighted by Gasteiger charge is 2.26. The van der Waals surface area contributed by atoms with E-state index in [0.29, 0.717) is 6.04 Å². The highest BCUT2D eigenvalue weighted by Crippen LogP contribution is 2.26. The average Bonchev–Trinajstić information content (AvgIpc) is 3.08. The molecule has 106 valence electrons. The summed E-state index contributed by atoms with van der Waals surface area (Å²) in [7, 11) is 0. The molecule has 0 spiro atoms. The number of likely N-dealkylation sites (tertiary alicyclic amines) is 1. The lowest BCUT2D eigenvalue weighted by Crippen LogP contribution is -2.40. The van der Waals surface area contributed by atoms with E-state index in [2.05, 4.69) is 16.5 Å². The van der Waals surface area contributed by atoms with Crippen molar-refractivity contribution in [1.29, 1.82) is 0 Å². The number of piperidine rings is 1. The van der Waals surface area contributed by atoms with Gasteiger partial charge in [0, 0.05) is 35.2 Å².